The monoisotopic (exact) mass is 285 g/mol. The van der Waals surface area contributed by atoms with E-state index in [9.17, 15) is 9.18 Å². The van der Waals surface area contributed by atoms with Crippen molar-refractivity contribution in [2.75, 3.05) is 26.9 Å². The Balaban J connectivity index is 1.99. The van der Waals surface area contributed by atoms with Crippen LogP contribution >= 0.6 is 12.6 Å². The zero-order chi connectivity index (χ0) is 13.9. The van der Waals surface area contributed by atoms with Crippen LogP contribution in [0, 0.1) is 5.82 Å². The van der Waals surface area contributed by atoms with Crippen molar-refractivity contribution in [3.05, 3.63) is 29.6 Å². The maximum Gasteiger partial charge on any atom is 0.251 e. The van der Waals surface area contributed by atoms with Crippen molar-refractivity contribution in [3.8, 4) is 0 Å². The highest BCUT2D eigenvalue weighted by Gasteiger charge is 2.35. The van der Waals surface area contributed by atoms with Crippen LogP contribution in [-0.4, -0.2) is 38.4 Å². The predicted octanol–water partition coefficient (Wildman–Crippen LogP) is 1.65. The lowest BCUT2D eigenvalue weighted by molar-refractivity contribution is -0.0148. The standard InChI is InChI=1S/C13H16FNO3S/c1-17-13(4-5-18-8-13)7-15-12(16)9-2-3-10(14)11(19)6-9/h2-3,6,19H,4-5,7-8H2,1H3,(H,15,16). The molecule has 1 aliphatic rings. The van der Waals surface area contributed by atoms with E-state index >= 15 is 0 Å². The molecule has 0 aromatic heterocycles. The van der Waals surface area contributed by atoms with Crippen molar-refractivity contribution in [3.63, 3.8) is 0 Å². The minimum Gasteiger partial charge on any atom is -0.378 e. The molecule has 104 valence electrons. The smallest absolute Gasteiger partial charge is 0.251 e. The van der Waals surface area contributed by atoms with Crippen LogP contribution in [0.1, 0.15) is 16.8 Å². The second-order valence-corrected chi connectivity index (χ2v) is 5.02. The number of thiol groups is 1. The summed E-state index contributed by atoms with van der Waals surface area (Å²) in [5.74, 6) is -0.726. The number of rotatable bonds is 4. The Kier molecular flexibility index (Phi) is 4.44. The van der Waals surface area contributed by atoms with E-state index in [1.165, 1.54) is 18.2 Å². The molecule has 1 unspecified atom stereocenters. The second-order valence-electron chi connectivity index (χ2n) is 4.54. The zero-order valence-corrected chi connectivity index (χ0v) is 11.5. The van der Waals surface area contributed by atoms with Gasteiger partial charge in [0.1, 0.15) is 11.4 Å². The normalized spacial score (nSPS) is 22.5. The first-order chi connectivity index (χ1) is 9.06. The fourth-order valence-corrected chi connectivity index (χ4v) is 2.17. The van der Waals surface area contributed by atoms with Gasteiger partial charge < -0.3 is 14.8 Å². The molecular formula is C13H16FNO3S. The minimum absolute atomic E-state index is 0.151. The molecule has 6 heteroatoms. The van der Waals surface area contributed by atoms with Crippen molar-refractivity contribution in [2.24, 2.45) is 0 Å². The van der Waals surface area contributed by atoms with Crippen LogP contribution in [0.3, 0.4) is 0 Å². The summed E-state index contributed by atoms with van der Waals surface area (Å²) >= 11 is 3.95. The highest BCUT2D eigenvalue weighted by molar-refractivity contribution is 7.80. The first-order valence-corrected chi connectivity index (χ1v) is 6.41. The number of carbonyl (C=O) groups is 1. The molecule has 1 aliphatic heterocycles. The highest BCUT2D eigenvalue weighted by Crippen LogP contribution is 2.21. The van der Waals surface area contributed by atoms with Gasteiger partial charge in [0.15, 0.2) is 0 Å². The molecule has 0 spiro atoms. The summed E-state index contributed by atoms with van der Waals surface area (Å²) in [7, 11) is 1.60. The molecule has 1 amide bonds. The van der Waals surface area contributed by atoms with E-state index in [1.807, 2.05) is 0 Å². The van der Waals surface area contributed by atoms with Gasteiger partial charge in [0, 0.05) is 37.1 Å². The van der Waals surface area contributed by atoms with Gasteiger partial charge >= 0.3 is 0 Å². The summed E-state index contributed by atoms with van der Waals surface area (Å²) in [6.45, 7) is 1.45. The molecule has 1 N–H and O–H groups in total. The molecule has 0 saturated carbocycles. The Morgan fingerprint density at radius 2 is 2.42 bits per heavy atom. The topological polar surface area (TPSA) is 47.6 Å². The van der Waals surface area contributed by atoms with Crippen LogP contribution in [0.4, 0.5) is 4.39 Å². The molecule has 4 nitrogen and oxygen atoms in total. The van der Waals surface area contributed by atoms with Crippen molar-refractivity contribution < 1.29 is 18.7 Å². The quantitative estimate of drug-likeness (QED) is 0.827. The predicted molar refractivity (Wildman–Crippen MR) is 71.2 cm³/mol. The van der Waals surface area contributed by atoms with Crippen molar-refractivity contribution in [1.82, 2.24) is 5.32 Å². The van der Waals surface area contributed by atoms with Crippen molar-refractivity contribution in [2.45, 2.75) is 16.9 Å². The molecule has 1 saturated heterocycles. The number of halogens is 1. The molecule has 0 bridgehead atoms. The first kappa shape index (κ1) is 14.3. The number of benzene rings is 1. The fourth-order valence-electron chi connectivity index (χ4n) is 1.96. The van der Waals surface area contributed by atoms with Crippen LogP contribution in [-0.2, 0) is 9.47 Å². The average molecular weight is 285 g/mol. The van der Waals surface area contributed by atoms with Crippen molar-refractivity contribution >= 4 is 18.5 Å². The van der Waals surface area contributed by atoms with E-state index in [-0.39, 0.29) is 10.8 Å². The number of hydrogen-bond acceptors (Lipinski definition) is 4. The van der Waals surface area contributed by atoms with Gasteiger partial charge in [0.2, 0.25) is 0 Å². The molecule has 1 fully saturated rings. The maximum absolute atomic E-state index is 13.1. The van der Waals surface area contributed by atoms with E-state index in [0.29, 0.717) is 25.3 Å². The van der Waals surface area contributed by atoms with E-state index in [1.54, 1.807) is 7.11 Å². The van der Waals surface area contributed by atoms with Gasteiger partial charge in [-0.1, -0.05) is 0 Å². The summed E-state index contributed by atoms with van der Waals surface area (Å²) in [5.41, 5.74) is -0.0870. The third-order valence-electron chi connectivity index (χ3n) is 3.28. The molecule has 1 atom stereocenters. The molecule has 2 rings (SSSR count). The van der Waals surface area contributed by atoms with Gasteiger partial charge in [-0.2, -0.15) is 0 Å². The second kappa shape index (κ2) is 5.90. The van der Waals surface area contributed by atoms with Crippen LogP contribution in [0.15, 0.2) is 23.1 Å². The Morgan fingerprint density at radius 1 is 1.63 bits per heavy atom. The summed E-state index contributed by atoms with van der Waals surface area (Å²) < 4.78 is 23.8. The van der Waals surface area contributed by atoms with Crippen molar-refractivity contribution in [1.29, 1.82) is 0 Å². The number of ether oxygens (including phenoxy) is 2. The van der Waals surface area contributed by atoms with Gasteiger partial charge in [-0.25, -0.2) is 4.39 Å². The zero-order valence-electron chi connectivity index (χ0n) is 10.6. The number of nitrogens with one attached hydrogen (secondary N) is 1. The summed E-state index contributed by atoms with van der Waals surface area (Å²) in [6.07, 6.45) is 0.741. The number of hydrogen-bond donors (Lipinski definition) is 2. The molecule has 1 aromatic rings. The molecule has 0 aliphatic carbocycles. The first-order valence-electron chi connectivity index (χ1n) is 5.96. The minimum atomic E-state index is -0.459. The maximum atomic E-state index is 13.1. The Morgan fingerprint density at radius 3 is 3.00 bits per heavy atom. The lowest BCUT2D eigenvalue weighted by Crippen LogP contribution is -2.45. The number of methoxy groups -OCH3 is 1. The Bertz CT molecular complexity index is 475. The highest BCUT2D eigenvalue weighted by atomic mass is 32.1. The van der Waals surface area contributed by atoms with Gasteiger partial charge in [0.05, 0.1) is 6.61 Å². The summed E-state index contributed by atoms with van der Waals surface area (Å²) in [6, 6.07) is 4.05. The third kappa shape index (κ3) is 3.26. The van der Waals surface area contributed by atoms with E-state index in [0.717, 1.165) is 6.42 Å². The molecule has 1 heterocycles. The van der Waals surface area contributed by atoms with Gasteiger partial charge in [0.25, 0.3) is 5.91 Å². The van der Waals surface area contributed by atoms with Gasteiger partial charge in [-0.15, -0.1) is 12.6 Å². The van der Waals surface area contributed by atoms with Crippen LogP contribution in [0.5, 0.6) is 0 Å². The molecule has 1 aromatic carbocycles. The molecule has 19 heavy (non-hydrogen) atoms. The largest absolute Gasteiger partial charge is 0.378 e. The van der Waals surface area contributed by atoms with Gasteiger partial charge in [-0.05, 0) is 18.2 Å². The number of amides is 1. The van der Waals surface area contributed by atoms with Crippen LogP contribution < -0.4 is 5.32 Å². The number of carbonyl (C=O) groups excluding carboxylic acids is 1. The van der Waals surface area contributed by atoms with Crippen LogP contribution in [0.2, 0.25) is 0 Å². The Hall–Kier alpha value is -1.11. The summed E-state index contributed by atoms with van der Waals surface area (Å²) in [4.78, 5) is 12.1. The van der Waals surface area contributed by atoms with Crippen LogP contribution in [0.25, 0.3) is 0 Å². The lowest BCUT2D eigenvalue weighted by Gasteiger charge is -2.25. The van der Waals surface area contributed by atoms with E-state index in [2.05, 4.69) is 17.9 Å². The average Bonchev–Trinajstić information content (AvgIpc) is 2.89. The molecule has 0 radical (unpaired) electrons. The van der Waals surface area contributed by atoms with E-state index in [4.69, 9.17) is 9.47 Å². The molecular weight excluding hydrogens is 269 g/mol. The lowest BCUT2D eigenvalue weighted by atomic mass is 10.0. The van der Waals surface area contributed by atoms with Gasteiger partial charge in [-0.3, -0.25) is 4.79 Å². The fraction of sp³-hybridized carbons (Fsp3) is 0.462. The third-order valence-corrected chi connectivity index (χ3v) is 3.62. The Labute approximate surface area is 116 Å². The SMILES string of the molecule is COC1(CNC(=O)c2ccc(F)c(S)c2)CCOC1. The van der Waals surface area contributed by atoms with E-state index < -0.39 is 11.4 Å². The summed E-state index contributed by atoms with van der Waals surface area (Å²) in [5, 5.41) is 2.78.